The largest absolute Gasteiger partial charge is 0.381 e. The van der Waals surface area contributed by atoms with Crippen LogP contribution in [0.3, 0.4) is 0 Å². The van der Waals surface area contributed by atoms with Crippen molar-refractivity contribution in [3.8, 4) is 0 Å². The van der Waals surface area contributed by atoms with Crippen LogP contribution in [0.1, 0.15) is 13.3 Å². The third-order valence-corrected chi connectivity index (χ3v) is 4.71. The topological polar surface area (TPSA) is 91.3 Å². The summed E-state index contributed by atoms with van der Waals surface area (Å²) in [5.74, 6) is 0. The predicted molar refractivity (Wildman–Crippen MR) is 82.1 cm³/mol. The second-order valence-corrected chi connectivity index (χ2v) is 7.95. The summed E-state index contributed by atoms with van der Waals surface area (Å²) < 4.78 is 24.4. The monoisotopic (exact) mass is 311 g/mol. The Kier molecular flexibility index (Phi) is 4.53. The normalized spacial score (nSPS) is 24.3. The summed E-state index contributed by atoms with van der Waals surface area (Å²) in [4.78, 5) is 12.3. The SMILES string of the molecule is CC1(CNC(=O)Nc2ccc(S(C)(=N)=O)cc2)CCOC1. The molecule has 7 heteroatoms. The van der Waals surface area contributed by atoms with E-state index in [1.165, 1.54) is 6.26 Å². The van der Waals surface area contributed by atoms with Gasteiger partial charge in [0.05, 0.1) is 16.3 Å². The first-order valence-corrected chi connectivity index (χ1v) is 8.72. The summed E-state index contributed by atoms with van der Waals surface area (Å²) in [6.07, 6.45) is 2.31. The fourth-order valence-electron chi connectivity index (χ4n) is 2.12. The van der Waals surface area contributed by atoms with Crippen LogP contribution in [0.2, 0.25) is 0 Å². The van der Waals surface area contributed by atoms with E-state index in [4.69, 9.17) is 9.52 Å². The Bertz CT molecular complexity index is 605. The number of rotatable bonds is 4. The standard InChI is InChI=1S/C14H21N3O3S/c1-14(7-8-20-10-14)9-16-13(18)17-11-3-5-12(6-4-11)21(2,15)19/h3-6,15H,7-10H2,1-2H3,(H2,16,17,18). The second kappa shape index (κ2) is 6.03. The van der Waals surface area contributed by atoms with Crippen LogP contribution in [0.25, 0.3) is 0 Å². The van der Waals surface area contributed by atoms with Crippen molar-refractivity contribution in [2.45, 2.75) is 18.2 Å². The van der Waals surface area contributed by atoms with E-state index in [1.807, 2.05) is 0 Å². The highest BCUT2D eigenvalue weighted by molar-refractivity contribution is 7.91. The van der Waals surface area contributed by atoms with Gasteiger partial charge in [0, 0.05) is 35.4 Å². The van der Waals surface area contributed by atoms with Crippen molar-refractivity contribution in [1.82, 2.24) is 5.32 Å². The van der Waals surface area contributed by atoms with Gasteiger partial charge in [-0.05, 0) is 30.7 Å². The summed E-state index contributed by atoms with van der Waals surface area (Å²) in [5, 5.41) is 5.55. The smallest absolute Gasteiger partial charge is 0.319 e. The molecule has 0 spiro atoms. The van der Waals surface area contributed by atoms with Crippen molar-refractivity contribution in [1.29, 1.82) is 4.78 Å². The number of ether oxygens (including phenoxy) is 1. The lowest BCUT2D eigenvalue weighted by atomic mass is 9.90. The molecule has 0 radical (unpaired) electrons. The fraction of sp³-hybridized carbons (Fsp3) is 0.500. The molecule has 1 aliphatic heterocycles. The summed E-state index contributed by atoms with van der Waals surface area (Å²) in [6.45, 7) is 4.05. The van der Waals surface area contributed by atoms with Crippen LogP contribution in [0.4, 0.5) is 10.5 Å². The van der Waals surface area contributed by atoms with Crippen molar-refractivity contribution in [3.05, 3.63) is 24.3 Å². The van der Waals surface area contributed by atoms with E-state index >= 15 is 0 Å². The lowest BCUT2D eigenvalue weighted by Gasteiger charge is -2.22. The van der Waals surface area contributed by atoms with Gasteiger partial charge in [-0.15, -0.1) is 0 Å². The molecule has 2 amide bonds. The fourth-order valence-corrected chi connectivity index (χ4v) is 2.77. The molecule has 2 unspecified atom stereocenters. The van der Waals surface area contributed by atoms with Gasteiger partial charge < -0.3 is 15.4 Å². The maximum Gasteiger partial charge on any atom is 0.319 e. The molecule has 0 bridgehead atoms. The summed E-state index contributed by atoms with van der Waals surface area (Å²) in [5.41, 5.74) is 0.605. The highest BCUT2D eigenvalue weighted by Crippen LogP contribution is 2.26. The number of anilines is 1. The van der Waals surface area contributed by atoms with Crippen LogP contribution in [0.5, 0.6) is 0 Å². The van der Waals surface area contributed by atoms with E-state index in [2.05, 4.69) is 17.6 Å². The van der Waals surface area contributed by atoms with Crippen LogP contribution < -0.4 is 10.6 Å². The number of benzene rings is 1. The minimum absolute atomic E-state index is 0.000146. The number of hydrogen-bond donors (Lipinski definition) is 3. The molecule has 1 saturated heterocycles. The van der Waals surface area contributed by atoms with Crippen molar-refractivity contribution in [3.63, 3.8) is 0 Å². The van der Waals surface area contributed by atoms with Crippen LogP contribution in [0, 0.1) is 10.2 Å². The summed E-state index contributed by atoms with van der Waals surface area (Å²) in [6, 6.07) is 6.20. The average molecular weight is 311 g/mol. The Morgan fingerprint density at radius 3 is 2.62 bits per heavy atom. The zero-order valence-electron chi connectivity index (χ0n) is 12.3. The lowest BCUT2D eigenvalue weighted by Crippen LogP contribution is -2.38. The van der Waals surface area contributed by atoms with Gasteiger partial charge in [0.1, 0.15) is 0 Å². The van der Waals surface area contributed by atoms with Crippen LogP contribution in [-0.2, 0) is 14.5 Å². The van der Waals surface area contributed by atoms with Gasteiger partial charge in [-0.2, -0.15) is 0 Å². The second-order valence-electron chi connectivity index (χ2n) is 5.79. The number of hydrogen-bond acceptors (Lipinski definition) is 4. The van der Waals surface area contributed by atoms with Gasteiger partial charge in [0.2, 0.25) is 0 Å². The molecule has 2 atom stereocenters. The highest BCUT2D eigenvalue weighted by atomic mass is 32.2. The van der Waals surface area contributed by atoms with Crippen molar-refractivity contribution in [2.75, 3.05) is 31.3 Å². The molecular weight excluding hydrogens is 290 g/mol. The molecule has 3 N–H and O–H groups in total. The minimum Gasteiger partial charge on any atom is -0.381 e. The first-order chi connectivity index (χ1) is 9.78. The third kappa shape index (κ3) is 4.44. The van der Waals surface area contributed by atoms with Crippen molar-refractivity contribution < 1.29 is 13.7 Å². The first kappa shape index (κ1) is 15.8. The molecule has 6 nitrogen and oxygen atoms in total. The number of carbonyl (C=O) groups is 1. The molecule has 0 saturated carbocycles. The van der Waals surface area contributed by atoms with Gasteiger partial charge in [-0.3, -0.25) is 0 Å². The predicted octanol–water partition coefficient (Wildman–Crippen LogP) is 2.27. The molecular formula is C14H21N3O3S. The quantitative estimate of drug-likeness (QED) is 0.796. The van der Waals surface area contributed by atoms with Gasteiger partial charge >= 0.3 is 6.03 Å². The van der Waals surface area contributed by atoms with Crippen LogP contribution >= 0.6 is 0 Å². The van der Waals surface area contributed by atoms with Gasteiger partial charge in [0.15, 0.2) is 0 Å². The molecule has 116 valence electrons. The van der Waals surface area contributed by atoms with Crippen LogP contribution in [0.15, 0.2) is 29.2 Å². The molecule has 2 rings (SSSR count). The zero-order chi connectivity index (χ0) is 15.5. The number of carbonyl (C=O) groups excluding carboxylic acids is 1. The van der Waals surface area contributed by atoms with E-state index in [0.29, 0.717) is 23.7 Å². The number of urea groups is 1. The Hall–Kier alpha value is -1.60. The molecule has 0 aliphatic carbocycles. The Labute approximate surface area is 125 Å². The maximum absolute atomic E-state index is 11.8. The molecule has 0 aromatic heterocycles. The van der Waals surface area contributed by atoms with Crippen molar-refractivity contribution >= 4 is 21.4 Å². The van der Waals surface area contributed by atoms with Crippen molar-refractivity contribution in [2.24, 2.45) is 5.41 Å². The molecule has 1 heterocycles. The third-order valence-electron chi connectivity index (χ3n) is 3.54. The number of nitrogens with one attached hydrogen (secondary N) is 3. The molecule has 21 heavy (non-hydrogen) atoms. The first-order valence-electron chi connectivity index (χ1n) is 6.75. The summed E-state index contributed by atoms with van der Waals surface area (Å²) in [7, 11) is -2.72. The average Bonchev–Trinajstić information content (AvgIpc) is 2.84. The van der Waals surface area contributed by atoms with Gasteiger partial charge in [-0.25, -0.2) is 13.8 Å². The van der Waals surface area contributed by atoms with E-state index in [0.717, 1.165) is 13.0 Å². The van der Waals surface area contributed by atoms with E-state index in [9.17, 15) is 9.00 Å². The zero-order valence-corrected chi connectivity index (χ0v) is 13.1. The molecule has 1 fully saturated rings. The Morgan fingerprint density at radius 2 is 2.10 bits per heavy atom. The Balaban J connectivity index is 1.88. The minimum atomic E-state index is -2.72. The summed E-state index contributed by atoms with van der Waals surface area (Å²) >= 11 is 0. The van der Waals surface area contributed by atoms with Gasteiger partial charge in [-0.1, -0.05) is 6.92 Å². The van der Waals surface area contributed by atoms with Crippen LogP contribution in [-0.4, -0.2) is 36.3 Å². The lowest BCUT2D eigenvalue weighted by molar-refractivity contribution is 0.159. The van der Waals surface area contributed by atoms with E-state index < -0.39 is 9.73 Å². The van der Waals surface area contributed by atoms with E-state index in [1.54, 1.807) is 24.3 Å². The van der Waals surface area contributed by atoms with E-state index in [-0.39, 0.29) is 11.4 Å². The molecule has 1 aliphatic rings. The maximum atomic E-state index is 11.8. The molecule has 1 aromatic carbocycles. The molecule has 1 aromatic rings. The number of amides is 2. The highest BCUT2D eigenvalue weighted by Gasteiger charge is 2.29. The Morgan fingerprint density at radius 1 is 1.43 bits per heavy atom. The van der Waals surface area contributed by atoms with Gasteiger partial charge in [0.25, 0.3) is 0 Å².